The first-order valence-corrected chi connectivity index (χ1v) is 15.4. The Morgan fingerprint density at radius 2 is 1.84 bits per heavy atom. The van der Waals surface area contributed by atoms with E-state index in [1.54, 1.807) is 39.4 Å². The third-order valence-corrected chi connectivity index (χ3v) is 8.27. The molecule has 3 N–H and O–H groups in total. The summed E-state index contributed by atoms with van der Waals surface area (Å²) in [6.45, 7) is 13.0. The summed E-state index contributed by atoms with van der Waals surface area (Å²) in [6, 6.07) is 4.81. The molecular formula is C32H41FN8O4. The standard InChI is InChI=1S/C32H41FN8O4/c1-18-14-39-17-21(11-24(33)30(39)35-18)36-29-27-23(28(34)42)12-22(13-25(27)41(37-29)26-9-7-8-10-44-26)38-15-19(2)40(20(3)16-38)31(43)45-32(4,5)6/h11-14,17,19-20,26H,7-10,15-16H2,1-6H3,(H2,34,42)(H,36,37)/t19-,20+,26?. The van der Waals surface area contributed by atoms with Gasteiger partial charge in [-0.05, 0) is 72.9 Å². The van der Waals surface area contributed by atoms with E-state index < -0.39 is 17.3 Å². The van der Waals surface area contributed by atoms with Crippen LogP contribution < -0.4 is 16.0 Å². The lowest BCUT2D eigenvalue weighted by Crippen LogP contribution is -2.59. The van der Waals surface area contributed by atoms with E-state index in [-0.39, 0.29) is 35.6 Å². The van der Waals surface area contributed by atoms with Crippen molar-refractivity contribution in [2.45, 2.75) is 84.7 Å². The number of nitrogens with one attached hydrogen (secondary N) is 1. The average molecular weight is 621 g/mol. The molecule has 2 aliphatic heterocycles. The first kappa shape index (κ1) is 30.6. The summed E-state index contributed by atoms with van der Waals surface area (Å²) in [7, 11) is 0. The van der Waals surface area contributed by atoms with Gasteiger partial charge in [0.1, 0.15) is 5.60 Å². The van der Waals surface area contributed by atoms with Crippen molar-refractivity contribution in [1.29, 1.82) is 0 Å². The zero-order valence-electron chi connectivity index (χ0n) is 26.6. The number of pyridine rings is 1. The molecule has 1 unspecified atom stereocenters. The molecule has 13 heteroatoms. The zero-order chi connectivity index (χ0) is 32.2. The second-order valence-electron chi connectivity index (χ2n) is 13.2. The number of aryl methyl sites for hydroxylation is 1. The number of benzene rings is 1. The van der Waals surface area contributed by atoms with Crippen molar-refractivity contribution < 1.29 is 23.5 Å². The lowest BCUT2D eigenvalue weighted by molar-refractivity contribution is -0.0365. The summed E-state index contributed by atoms with van der Waals surface area (Å²) < 4.78 is 30.2. The SMILES string of the molecule is Cc1cn2cc(Nc3nn(C4CCCCO4)c4cc(N5C[C@@H](C)N(C(=O)OC(C)(C)C)[C@@H](C)C5)cc(C(N)=O)c34)cc(F)c2n1. The summed E-state index contributed by atoms with van der Waals surface area (Å²) in [5.74, 6) is -0.736. The molecule has 6 rings (SSSR count). The van der Waals surface area contributed by atoms with Gasteiger partial charge in [0.2, 0.25) is 5.91 Å². The van der Waals surface area contributed by atoms with E-state index in [2.05, 4.69) is 15.2 Å². The van der Waals surface area contributed by atoms with Crippen LogP contribution in [0.15, 0.2) is 30.6 Å². The predicted octanol–water partition coefficient (Wildman–Crippen LogP) is 5.51. The number of piperazine rings is 1. The number of nitrogens with zero attached hydrogens (tertiary/aromatic N) is 6. The van der Waals surface area contributed by atoms with Gasteiger partial charge in [0.25, 0.3) is 0 Å². The van der Waals surface area contributed by atoms with Gasteiger partial charge in [0.05, 0.1) is 39.9 Å². The molecule has 2 saturated heterocycles. The Hall–Kier alpha value is -4.39. The highest BCUT2D eigenvalue weighted by Crippen LogP contribution is 2.38. The largest absolute Gasteiger partial charge is 0.444 e. The fourth-order valence-corrected chi connectivity index (χ4v) is 6.45. The lowest BCUT2D eigenvalue weighted by Gasteiger charge is -2.45. The normalized spacial score (nSPS) is 21.0. The van der Waals surface area contributed by atoms with Crippen molar-refractivity contribution in [3.05, 3.63) is 47.7 Å². The van der Waals surface area contributed by atoms with Gasteiger partial charge in [0, 0.05) is 43.8 Å². The minimum absolute atomic E-state index is 0.156. The molecule has 1 aromatic carbocycles. The van der Waals surface area contributed by atoms with Crippen LogP contribution in [0, 0.1) is 12.7 Å². The highest BCUT2D eigenvalue weighted by atomic mass is 19.1. The monoisotopic (exact) mass is 620 g/mol. The van der Waals surface area contributed by atoms with E-state index in [0.717, 1.165) is 24.9 Å². The second-order valence-corrected chi connectivity index (χ2v) is 13.2. The van der Waals surface area contributed by atoms with Crippen LogP contribution >= 0.6 is 0 Å². The number of hydrogen-bond acceptors (Lipinski definition) is 8. The minimum atomic E-state index is -0.616. The van der Waals surface area contributed by atoms with Crippen LogP contribution in [0.25, 0.3) is 16.6 Å². The summed E-state index contributed by atoms with van der Waals surface area (Å²) in [5.41, 5.74) is 8.49. The molecule has 4 aromatic rings. The van der Waals surface area contributed by atoms with Crippen LogP contribution in [0.2, 0.25) is 0 Å². The van der Waals surface area contributed by atoms with Crippen LogP contribution in [0.3, 0.4) is 0 Å². The number of hydrogen-bond donors (Lipinski definition) is 2. The van der Waals surface area contributed by atoms with Crippen molar-refractivity contribution in [2.75, 3.05) is 29.9 Å². The molecule has 240 valence electrons. The Balaban J connectivity index is 1.41. The smallest absolute Gasteiger partial charge is 0.410 e. The molecule has 2 fully saturated rings. The van der Waals surface area contributed by atoms with Crippen molar-refractivity contribution >= 4 is 45.7 Å². The fourth-order valence-electron chi connectivity index (χ4n) is 6.45. The number of anilines is 3. The molecule has 3 atom stereocenters. The Morgan fingerprint density at radius 3 is 2.49 bits per heavy atom. The molecule has 2 amide bonds. The van der Waals surface area contributed by atoms with Crippen LogP contribution in [-0.4, -0.2) is 73.4 Å². The summed E-state index contributed by atoms with van der Waals surface area (Å²) in [4.78, 5) is 34.2. The molecule has 0 spiro atoms. The molecule has 0 radical (unpaired) electrons. The van der Waals surface area contributed by atoms with E-state index in [1.165, 1.54) is 6.07 Å². The van der Waals surface area contributed by atoms with Gasteiger partial charge in [-0.15, -0.1) is 0 Å². The predicted molar refractivity (Wildman–Crippen MR) is 169 cm³/mol. The van der Waals surface area contributed by atoms with Crippen molar-refractivity contribution in [3.63, 3.8) is 0 Å². The van der Waals surface area contributed by atoms with E-state index in [0.29, 0.717) is 47.8 Å². The number of halogens is 1. The van der Waals surface area contributed by atoms with Gasteiger partial charge in [-0.1, -0.05) is 0 Å². The Bertz CT molecular complexity index is 1760. The summed E-state index contributed by atoms with van der Waals surface area (Å²) in [5, 5.41) is 8.65. The lowest BCUT2D eigenvalue weighted by atomic mass is 10.0. The molecule has 0 aliphatic carbocycles. The molecule has 2 aliphatic rings. The second kappa shape index (κ2) is 11.5. The average Bonchev–Trinajstić information content (AvgIpc) is 3.51. The Labute approximate surface area is 261 Å². The molecule has 45 heavy (non-hydrogen) atoms. The number of carbonyl (C=O) groups is 2. The molecule has 0 saturated carbocycles. The van der Waals surface area contributed by atoms with Gasteiger partial charge in [-0.25, -0.2) is 18.9 Å². The van der Waals surface area contributed by atoms with E-state index in [9.17, 15) is 14.0 Å². The third kappa shape index (κ3) is 6.00. The quantitative estimate of drug-likeness (QED) is 0.299. The van der Waals surface area contributed by atoms with Crippen molar-refractivity contribution in [3.8, 4) is 0 Å². The highest BCUT2D eigenvalue weighted by Gasteiger charge is 2.36. The van der Waals surface area contributed by atoms with Gasteiger partial charge in [-0.2, -0.15) is 5.10 Å². The number of carbonyl (C=O) groups excluding carboxylic acids is 2. The number of rotatable bonds is 5. The topological polar surface area (TPSA) is 132 Å². The molecular weight excluding hydrogens is 579 g/mol. The Kier molecular flexibility index (Phi) is 7.84. The Morgan fingerprint density at radius 1 is 1.11 bits per heavy atom. The van der Waals surface area contributed by atoms with E-state index in [4.69, 9.17) is 20.3 Å². The number of aromatic nitrogens is 4. The summed E-state index contributed by atoms with van der Waals surface area (Å²) >= 11 is 0. The number of primary amides is 1. The van der Waals surface area contributed by atoms with Crippen molar-refractivity contribution in [2.24, 2.45) is 5.73 Å². The molecule has 0 bridgehead atoms. The molecule has 3 aromatic heterocycles. The zero-order valence-corrected chi connectivity index (χ0v) is 26.6. The third-order valence-electron chi connectivity index (χ3n) is 8.27. The maximum atomic E-state index is 15.0. The number of amides is 2. The van der Waals surface area contributed by atoms with Crippen LogP contribution in [0.5, 0.6) is 0 Å². The summed E-state index contributed by atoms with van der Waals surface area (Å²) in [6.07, 6.45) is 5.46. The van der Waals surface area contributed by atoms with Crippen LogP contribution in [0.1, 0.15) is 76.2 Å². The van der Waals surface area contributed by atoms with Crippen LogP contribution in [-0.2, 0) is 9.47 Å². The first-order chi connectivity index (χ1) is 21.3. The number of nitrogens with two attached hydrogens (primary N) is 1. The van der Waals surface area contributed by atoms with Gasteiger partial charge in [-0.3, -0.25) is 9.69 Å². The maximum Gasteiger partial charge on any atom is 0.410 e. The fraction of sp³-hybridized carbons (Fsp3) is 0.500. The van der Waals surface area contributed by atoms with Crippen LogP contribution in [0.4, 0.5) is 26.4 Å². The van der Waals surface area contributed by atoms with E-state index >= 15 is 0 Å². The maximum absolute atomic E-state index is 15.0. The molecule has 12 nitrogen and oxygen atoms in total. The number of imidazole rings is 1. The molecule has 5 heterocycles. The van der Waals surface area contributed by atoms with Gasteiger partial charge in [0.15, 0.2) is 23.5 Å². The van der Waals surface area contributed by atoms with Crippen molar-refractivity contribution in [1.82, 2.24) is 24.1 Å². The number of ether oxygens (including phenoxy) is 2. The van der Waals surface area contributed by atoms with E-state index in [1.807, 2.05) is 40.7 Å². The minimum Gasteiger partial charge on any atom is -0.444 e. The first-order valence-electron chi connectivity index (χ1n) is 15.4. The highest BCUT2D eigenvalue weighted by molar-refractivity contribution is 6.11. The van der Waals surface area contributed by atoms with Gasteiger partial charge < -0.3 is 29.8 Å². The number of fused-ring (bicyclic) bond motifs is 2. The van der Waals surface area contributed by atoms with Gasteiger partial charge >= 0.3 is 6.09 Å².